The van der Waals surface area contributed by atoms with Crippen LogP contribution in [0.3, 0.4) is 0 Å². The molecule has 3 nitrogen and oxygen atoms in total. The molecule has 0 radical (unpaired) electrons. The number of rotatable bonds is 3. The summed E-state index contributed by atoms with van der Waals surface area (Å²) in [7, 11) is 0. The first kappa shape index (κ1) is 13.5. The van der Waals surface area contributed by atoms with Crippen molar-refractivity contribution in [1.29, 1.82) is 0 Å². The fraction of sp³-hybridized carbons (Fsp3) is 0.588. The number of nitrogens with one attached hydrogen (secondary N) is 1. The molecule has 20 heavy (non-hydrogen) atoms. The molecule has 2 aliphatic rings. The lowest BCUT2D eigenvalue weighted by atomic mass is 9.95. The molecule has 1 amide bonds. The van der Waals surface area contributed by atoms with Crippen LogP contribution in [-0.4, -0.2) is 30.4 Å². The summed E-state index contributed by atoms with van der Waals surface area (Å²) in [6, 6.07) is 8.36. The summed E-state index contributed by atoms with van der Waals surface area (Å²) in [5.41, 5.74) is 2.51. The number of para-hydroxylation sites is 1. The zero-order valence-electron chi connectivity index (χ0n) is 12.4. The van der Waals surface area contributed by atoms with Gasteiger partial charge in [-0.1, -0.05) is 32.0 Å². The third kappa shape index (κ3) is 2.54. The Kier molecular flexibility index (Phi) is 3.68. The Bertz CT molecular complexity index is 498. The van der Waals surface area contributed by atoms with Crippen LogP contribution in [0.15, 0.2) is 24.3 Å². The van der Waals surface area contributed by atoms with Gasteiger partial charge in [-0.2, -0.15) is 0 Å². The number of nitrogens with zero attached hydrogens (tertiary/aromatic N) is 1. The SMILES string of the molecule is CC(C)C1CCN(C(=O)CC2CNc3ccccc32)C1. The Morgan fingerprint density at radius 1 is 1.40 bits per heavy atom. The average molecular weight is 272 g/mol. The van der Waals surface area contributed by atoms with Crippen molar-refractivity contribution in [3.63, 3.8) is 0 Å². The van der Waals surface area contributed by atoms with E-state index in [4.69, 9.17) is 0 Å². The van der Waals surface area contributed by atoms with E-state index in [0.29, 0.717) is 30.1 Å². The van der Waals surface area contributed by atoms with E-state index < -0.39 is 0 Å². The fourth-order valence-corrected chi connectivity index (χ4v) is 3.44. The van der Waals surface area contributed by atoms with E-state index in [9.17, 15) is 4.79 Å². The van der Waals surface area contributed by atoms with Gasteiger partial charge < -0.3 is 10.2 Å². The van der Waals surface area contributed by atoms with Crippen LogP contribution in [0.25, 0.3) is 0 Å². The number of likely N-dealkylation sites (tertiary alicyclic amines) is 1. The van der Waals surface area contributed by atoms with E-state index in [-0.39, 0.29) is 0 Å². The molecule has 108 valence electrons. The third-order valence-corrected chi connectivity index (χ3v) is 4.88. The number of carbonyl (C=O) groups is 1. The van der Waals surface area contributed by atoms with Crippen molar-refractivity contribution < 1.29 is 4.79 Å². The van der Waals surface area contributed by atoms with Gasteiger partial charge in [-0.15, -0.1) is 0 Å². The molecule has 0 saturated carbocycles. The van der Waals surface area contributed by atoms with Crippen LogP contribution in [0, 0.1) is 11.8 Å². The van der Waals surface area contributed by atoms with E-state index in [2.05, 4.69) is 42.3 Å². The topological polar surface area (TPSA) is 32.3 Å². The minimum atomic E-state index is 0.330. The first-order valence-electron chi connectivity index (χ1n) is 7.75. The molecule has 3 rings (SSSR count). The normalized spacial score (nSPS) is 24.9. The van der Waals surface area contributed by atoms with Gasteiger partial charge >= 0.3 is 0 Å². The summed E-state index contributed by atoms with van der Waals surface area (Å²) < 4.78 is 0. The van der Waals surface area contributed by atoms with Crippen molar-refractivity contribution in [1.82, 2.24) is 4.90 Å². The van der Waals surface area contributed by atoms with Crippen LogP contribution in [0.5, 0.6) is 0 Å². The molecule has 3 heteroatoms. The quantitative estimate of drug-likeness (QED) is 0.917. The van der Waals surface area contributed by atoms with Crippen LogP contribution in [0.2, 0.25) is 0 Å². The number of fused-ring (bicyclic) bond motifs is 1. The molecule has 1 aromatic rings. The second kappa shape index (κ2) is 5.47. The first-order chi connectivity index (χ1) is 9.65. The van der Waals surface area contributed by atoms with Gasteiger partial charge in [0.25, 0.3) is 0 Å². The molecule has 2 unspecified atom stereocenters. The Hall–Kier alpha value is -1.51. The number of anilines is 1. The molecule has 1 saturated heterocycles. The average Bonchev–Trinajstić information content (AvgIpc) is 3.06. The molecule has 0 bridgehead atoms. The number of hydrogen-bond acceptors (Lipinski definition) is 2. The fourth-order valence-electron chi connectivity index (χ4n) is 3.44. The molecular formula is C17H24N2O. The van der Waals surface area contributed by atoms with E-state index in [0.717, 1.165) is 19.6 Å². The number of hydrogen-bond donors (Lipinski definition) is 1. The summed E-state index contributed by atoms with van der Waals surface area (Å²) in [4.78, 5) is 14.6. The first-order valence-corrected chi connectivity index (χ1v) is 7.75. The number of amides is 1. The molecule has 2 aliphatic heterocycles. The molecule has 2 atom stereocenters. The zero-order chi connectivity index (χ0) is 14.1. The minimum absolute atomic E-state index is 0.330. The van der Waals surface area contributed by atoms with Crippen LogP contribution in [0.4, 0.5) is 5.69 Å². The molecule has 1 fully saturated rings. The third-order valence-electron chi connectivity index (χ3n) is 4.88. The lowest BCUT2D eigenvalue weighted by Crippen LogP contribution is -2.30. The highest BCUT2D eigenvalue weighted by molar-refractivity contribution is 5.78. The van der Waals surface area contributed by atoms with E-state index in [1.54, 1.807) is 0 Å². The predicted molar refractivity (Wildman–Crippen MR) is 81.8 cm³/mol. The second-order valence-corrected chi connectivity index (χ2v) is 6.50. The van der Waals surface area contributed by atoms with Gasteiger partial charge in [0.05, 0.1) is 0 Å². The maximum Gasteiger partial charge on any atom is 0.223 e. The number of carbonyl (C=O) groups excluding carboxylic acids is 1. The monoisotopic (exact) mass is 272 g/mol. The van der Waals surface area contributed by atoms with Crippen LogP contribution >= 0.6 is 0 Å². The predicted octanol–water partition coefficient (Wildman–Crippen LogP) is 3.09. The van der Waals surface area contributed by atoms with Crippen molar-refractivity contribution in [2.24, 2.45) is 11.8 Å². The Labute approximate surface area is 121 Å². The van der Waals surface area contributed by atoms with Crippen LogP contribution < -0.4 is 5.32 Å². The van der Waals surface area contributed by atoms with Gasteiger partial charge in [0.15, 0.2) is 0 Å². The molecule has 0 aromatic heterocycles. The van der Waals surface area contributed by atoms with Crippen molar-refractivity contribution in [2.45, 2.75) is 32.6 Å². The molecule has 0 aliphatic carbocycles. The molecule has 0 spiro atoms. The maximum atomic E-state index is 12.5. The van der Waals surface area contributed by atoms with Crippen molar-refractivity contribution >= 4 is 11.6 Å². The highest BCUT2D eigenvalue weighted by Crippen LogP contribution is 2.34. The van der Waals surface area contributed by atoms with Crippen LogP contribution in [0.1, 0.15) is 38.2 Å². The second-order valence-electron chi connectivity index (χ2n) is 6.50. The van der Waals surface area contributed by atoms with E-state index in [1.165, 1.54) is 17.7 Å². The molecule has 1 aromatic carbocycles. The highest BCUT2D eigenvalue weighted by Gasteiger charge is 2.31. The Morgan fingerprint density at radius 2 is 2.20 bits per heavy atom. The lowest BCUT2D eigenvalue weighted by Gasteiger charge is -2.20. The molecular weight excluding hydrogens is 248 g/mol. The smallest absolute Gasteiger partial charge is 0.223 e. The van der Waals surface area contributed by atoms with Gasteiger partial charge in [-0.05, 0) is 29.9 Å². The largest absolute Gasteiger partial charge is 0.384 e. The van der Waals surface area contributed by atoms with Gasteiger partial charge in [0, 0.05) is 37.7 Å². The van der Waals surface area contributed by atoms with E-state index in [1.807, 2.05) is 6.07 Å². The van der Waals surface area contributed by atoms with Gasteiger partial charge in [-0.25, -0.2) is 0 Å². The standard InChI is InChI=1S/C17H24N2O/c1-12(2)13-7-8-19(11-13)17(20)9-14-10-18-16-6-4-3-5-15(14)16/h3-6,12-14,18H,7-11H2,1-2H3. The van der Waals surface area contributed by atoms with Crippen molar-refractivity contribution in [2.75, 3.05) is 25.0 Å². The van der Waals surface area contributed by atoms with E-state index >= 15 is 0 Å². The summed E-state index contributed by atoms with van der Waals surface area (Å²) in [5.74, 6) is 2.04. The van der Waals surface area contributed by atoms with Crippen molar-refractivity contribution in [3.05, 3.63) is 29.8 Å². The van der Waals surface area contributed by atoms with Crippen LogP contribution in [-0.2, 0) is 4.79 Å². The number of benzene rings is 1. The van der Waals surface area contributed by atoms with Crippen molar-refractivity contribution in [3.8, 4) is 0 Å². The minimum Gasteiger partial charge on any atom is -0.384 e. The lowest BCUT2D eigenvalue weighted by molar-refractivity contribution is -0.130. The van der Waals surface area contributed by atoms with Gasteiger partial charge in [0.2, 0.25) is 5.91 Å². The van der Waals surface area contributed by atoms with Gasteiger partial charge in [0.1, 0.15) is 0 Å². The highest BCUT2D eigenvalue weighted by atomic mass is 16.2. The molecule has 1 N–H and O–H groups in total. The Balaban J connectivity index is 1.61. The summed E-state index contributed by atoms with van der Waals surface area (Å²) in [6.07, 6.45) is 1.82. The summed E-state index contributed by atoms with van der Waals surface area (Å²) in [5, 5.41) is 3.40. The summed E-state index contributed by atoms with van der Waals surface area (Å²) in [6.45, 7) is 7.32. The Morgan fingerprint density at radius 3 is 2.95 bits per heavy atom. The zero-order valence-corrected chi connectivity index (χ0v) is 12.4. The molecule has 2 heterocycles. The maximum absolute atomic E-state index is 12.5. The van der Waals surface area contributed by atoms with Gasteiger partial charge in [-0.3, -0.25) is 4.79 Å². The summed E-state index contributed by atoms with van der Waals surface area (Å²) >= 11 is 0.